The van der Waals surface area contributed by atoms with E-state index in [2.05, 4.69) is 15.0 Å². The number of rotatable bonds is 6. The second-order valence-electron chi connectivity index (χ2n) is 7.66. The zero-order valence-electron chi connectivity index (χ0n) is 15.9. The molecule has 1 aromatic carbocycles. The number of nitrogens with zero attached hydrogens (tertiary/aromatic N) is 1. The number of hydrogen-bond donors (Lipinski definition) is 2. The lowest BCUT2D eigenvalue weighted by molar-refractivity contribution is -0.121. The number of nitrogens with one attached hydrogen (secondary N) is 2. The number of carbonyl (C=O) groups excluding carboxylic acids is 1. The maximum atomic E-state index is 12.8. The van der Waals surface area contributed by atoms with E-state index in [-0.39, 0.29) is 29.3 Å². The van der Waals surface area contributed by atoms with Gasteiger partial charge >= 0.3 is 0 Å². The van der Waals surface area contributed by atoms with Crippen LogP contribution < -0.4 is 10.0 Å². The minimum atomic E-state index is -3.53. The number of aryl methyl sites for hydroxylation is 2. The molecule has 0 saturated heterocycles. The summed E-state index contributed by atoms with van der Waals surface area (Å²) in [6.45, 7) is 1.92. The summed E-state index contributed by atoms with van der Waals surface area (Å²) in [7, 11) is -3.53. The van der Waals surface area contributed by atoms with Gasteiger partial charge in [-0.1, -0.05) is 18.9 Å². The second kappa shape index (κ2) is 7.93. The lowest BCUT2D eigenvalue weighted by Gasteiger charge is -2.16. The quantitative estimate of drug-likeness (QED) is 0.753. The Morgan fingerprint density at radius 2 is 2.04 bits per heavy atom. The lowest BCUT2D eigenvalue weighted by Crippen LogP contribution is -2.33. The highest BCUT2D eigenvalue weighted by Gasteiger charge is 2.28. The molecule has 0 bridgehead atoms. The molecule has 2 aromatic rings. The van der Waals surface area contributed by atoms with E-state index in [4.69, 9.17) is 0 Å². The Labute approximate surface area is 169 Å². The van der Waals surface area contributed by atoms with Crippen LogP contribution in [0.1, 0.15) is 60.0 Å². The summed E-state index contributed by atoms with van der Waals surface area (Å²) in [6, 6.07) is 5.18. The van der Waals surface area contributed by atoms with Gasteiger partial charge in [0.2, 0.25) is 15.9 Å². The molecule has 1 aromatic heterocycles. The van der Waals surface area contributed by atoms with Crippen molar-refractivity contribution in [2.75, 3.05) is 0 Å². The average molecular weight is 420 g/mol. The fourth-order valence-corrected chi connectivity index (χ4v) is 6.08. The van der Waals surface area contributed by atoms with E-state index in [0.29, 0.717) is 0 Å². The number of hydrogen-bond acceptors (Lipinski definition) is 5. The SMILES string of the molecule is Cc1nc(CC(=O)N[C@@H]2CCc3ccc(S(=O)(=O)NC4CCCC4)cc32)cs1. The van der Waals surface area contributed by atoms with Crippen molar-refractivity contribution in [2.45, 2.75) is 68.8 Å². The van der Waals surface area contributed by atoms with Crippen molar-refractivity contribution in [3.05, 3.63) is 45.4 Å². The molecule has 28 heavy (non-hydrogen) atoms. The van der Waals surface area contributed by atoms with Gasteiger partial charge in [0.1, 0.15) is 0 Å². The van der Waals surface area contributed by atoms with Crippen LogP contribution in [0.3, 0.4) is 0 Å². The Morgan fingerprint density at radius 3 is 2.75 bits per heavy atom. The van der Waals surface area contributed by atoms with Crippen molar-refractivity contribution >= 4 is 27.3 Å². The van der Waals surface area contributed by atoms with Crippen LogP contribution in [0.15, 0.2) is 28.5 Å². The Kier molecular flexibility index (Phi) is 5.53. The van der Waals surface area contributed by atoms with Crippen LogP contribution in [0.25, 0.3) is 0 Å². The third-order valence-electron chi connectivity index (χ3n) is 5.53. The van der Waals surface area contributed by atoms with Crippen molar-refractivity contribution in [2.24, 2.45) is 0 Å². The smallest absolute Gasteiger partial charge is 0.240 e. The molecule has 2 N–H and O–H groups in total. The molecule has 1 fully saturated rings. The highest BCUT2D eigenvalue weighted by Crippen LogP contribution is 2.33. The fourth-order valence-electron chi connectivity index (χ4n) is 4.13. The molecule has 1 atom stereocenters. The van der Waals surface area contributed by atoms with Gasteiger partial charge in [-0.05, 0) is 55.9 Å². The second-order valence-corrected chi connectivity index (χ2v) is 10.4. The minimum absolute atomic E-state index is 0.0373. The van der Waals surface area contributed by atoms with Gasteiger partial charge in [-0.3, -0.25) is 4.79 Å². The first-order chi connectivity index (χ1) is 13.4. The van der Waals surface area contributed by atoms with Gasteiger partial charge in [0.25, 0.3) is 0 Å². The van der Waals surface area contributed by atoms with Crippen LogP contribution in [-0.4, -0.2) is 25.4 Å². The van der Waals surface area contributed by atoms with Gasteiger partial charge in [-0.25, -0.2) is 18.1 Å². The number of carbonyl (C=O) groups is 1. The monoisotopic (exact) mass is 419 g/mol. The number of amides is 1. The predicted octanol–water partition coefficient (Wildman–Crippen LogP) is 3.02. The molecule has 1 amide bonds. The lowest BCUT2D eigenvalue weighted by atomic mass is 10.1. The number of thiazole rings is 1. The third kappa shape index (κ3) is 4.29. The molecule has 4 rings (SSSR count). The van der Waals surface area contributed by atoms with Crippen molar-refractivity contribution in [3.8, 4) is 0 Å². The van der Waals surface area contributed by atoms with Gasteiger partial charge in [0.05, 0.1) is 28.1 Å². The maximum Gasteiger partial charge on any atom is 0.240 e. The Balaban J connectivity index is 1.47. The zero-order chi connectivity index (χ0) is 19.7. The molecular formula is C20H25N3O3S2. The number of sulfonamides is 1. The van der Waals surface area contributed by atoms with Crippen LogP contribution in [0, 0.1) is 6.92 Å². The first-order valence-electron chi connectivity index (χ1n) is 9.76. The predicted molar refractivity (Wildman–Crippen MR) is 109 cm³/mol. The zero-order valence-corrected chi connectivity index (χ0v) is 17.5. The number of fused-ring (bicyclic) bond motifs is 1. The van der Waals surface area contributed by atoms with Crippen LogP contribution in [0.4, 0.5) is 0 Å². The topological polar surface area (TPSA) is 88.2 Å². The van der Waals surface area contributed by atoms with Crippen LogP contribution in [-0.2, 0) is 27.7 Å². The van der Waals surface area contributed by atoms with Crippen molar-refractivity contribution in [1.29, 1.82) is 0 Å². The summed E-state index contributed by atoms with van der Waals surface area (Å²) in [5.41, 5.74) is 2.79. The summed E-state index contributed by atoms with van der Waals surface area (Å²) < 4.78 is 28.3. The highest BCUT2D eigenvalue weighted by atomic mass is 32.2. The normalized spacial score (nSPS) is 19.7. The molecule has 2 aliphatic rings. The molecule has 8 heteroatoms. The summed E-state index contributed by atoms with van der Waals surface area (Å²) >= 11 is 1.53. The van der Waals surface area contributed by atoms with E-state index in [9.17, 15) is 13.2 Å². The molecule has 0 spiro atoms. The molecule has 1 heterocycles. The Bertz CT molecular complexity index is 978. The summed E-state index contributed by atoms with van der Waals surface area (Å²) in [5.74, 6) is -0.0829. The maximum absolute atomic E-state index is 12.8. The molecule has 0 unspecified atom stereocenters. The van der Waals surface area contributed by atoms with Gasteiger partial charge in [-0.15, -0.1) is 11.3 Å². The molecule has 150 valence electrons. The minimum Gasteiger partial charge on any atom is -0.349 e. The van der Waals surface area contributed by atoms with E-state index in [1.54, 1.807) is 12.1 Å². The molecule has 2 aliphatic carbocycles. The Hall–Kier alpha value is -1.77. The van der Waals surface area contributed by atoms with Gasteiger partial charge < -0.3 is 5.32 Å². The first-order valence-corrected chi connectivity index (χ1v) is 12.1. The standard InChI is InChI=1S/C20H25N3O3S2/c1-13-21-16(12-27-13)10-20(24)22-19-9-7-14-6-8-17(11-18(14)19)28(25,26)23-15-4-2-3-5-15/h6,8,11-12,15,19,23H,2-5,7,9-10H2,1H3,(H,22,24)/t19-/m1/s1. The fraction of sp³-hybridized carbons (Fsp3) is 0.500. The highest BCUT2D eigenvalue weighted by molar-refractivity contribution is 7.89. The van der Waals surface area contributed by atoms with Crippen LogP contribution in [0.2, 0.25) is 0 Å². The number of benzene rings is 1. The first kappa shape index (κ1) is 19.5. The molecule has 1 saturated carbocycles. The van der Waals surface area contributed by atoms with Gasteiger partial charge in [0.15, 0.2) is 0 Å². The van der Waals surface area contributed by atoms with Crippen molar-refractivity contribution in [3.63, 3.8) is 0 Å². The molecular weight excluding hydrogens is 394 g/mol. The van der Waals surface area contributed by atoms with Crippen molar-refractivity contribution in [1.82, 2.24) is 15.0 Å². The van der Waals surface area contributed by atoms with E-state index in [1.165, 1.54) is 11.3 Å². The number of aromatic nitrogens is 1. The van der Waals surface area contributed by atoms with Gasteiger partial charge in [0, 0.05) is 11.4 Å². The largest absolute Gasteiger partial charge is 0.349 e. The van der Waals surface area contributed by atoms with Crippen LogP contribution >= 0.6 is 11.3 Å². The van der Waals surface area contributed by atoms with Crippen LogP contribution in [0.5, 0.6) is 0 Å². The summed E-state index contributed by atoms with van der Waals surface area (Å²) in [4.78, 5) is 17.0. The molecule has 0 radical (unpaired) electrons. The summed E-state index contributed by atoms with van der Waals surface area (Å²) in [5, 5.41) is 5.90. The van der Waals surface area contributed by atoms with E-state index >= 15 is 0 Å². The molecule has 0 aliphatic heterocycles. The van der Waals surface area contributed by atoms with Gasteiger partial charge in [-0.2, -0.15) is 0 Å². The van der Waals surface area contributed by atoms with E-state index in [1.807, 2.05) is 18.4 Å². The summed E-state index contributed by atoms with van der Waals surface area (Å²) in [6.07, 6.45) is 5.83. The molecule has 6 nitrogen and oxygen atoms in total. The van der Waals surface area contributed by atoms with E-state index in [0.717, 1.165) is 60.4 Å². The van der Waals surface area contributed by atoms with Crippen molar-refractivity contribution < 1.29 is 13.2 Å². The average Bonchev–Trinajstić information content (AvgIpc) is 3.37. The third-order valence-corrected chi connectivity index (χ3v) is 7.87. The van der Waals surface area contributed by atoms with E-state index < -0.39 is 10.0 Å². The Morgan fingerprint density at radius 1 is 1.25 bits per heavy atom.